The highest BCUT2D eigenvalue weighted by Crippen LogP contribution is 2.18. The molecule has 0 fully saturated rings. The maximum absolute atomic E-state index is 13.8. The van der Waals surface area contributed by atoms with E-state index in [4.69, 9.17) is 17.4 Å². The van der Waals surface area contributed by atoms with Crippen LogP contribution in [0.15, 0.2) is 42.5 Å². The Balaban J connectivity index is 1.98. The molecule has 0 amide bonds. The summed E-state index contributed by atoms with van der Waals surface area (Å²) in [6.45, 7) is 2.07. The highest BCUT2D eigenvalue weighted by Gasteiger charge is 2.12. The molecule has 0 aliphatic heterocycles. The van der Waals surface area contributed by atoms with Crippen LogP contribution in [0.4, 0.5) is 4.39 Å². The number of benzene rings is 2. The fourth-order valence-corrected chi connectivity index (χ4v) is 2.61. The Labute approximate surface area is 130 Å². The molecule has 0 aliphatic rings. The van der Waals surface area contributed by atoms with Crippen LogP contribution in [-0.2, 0) is 12.8 Å². The van der Waals surface area contributed by atoms with Gasteiger partial charge in [0.25, 0.3) is 0 Å². The maximum atomic E-state index is 13.8. The van der Waals surface area contributed by atoms with Crippen LogP contribution in [0.2, 0.25) is 5.02 Å². The molecule has 0 aliphatic carbocycles. The van der Waals surface area contributed by atoms with Crippen LogP contribution < -0.4 is 11.3 Å². The number of aryl methyl sites for hydroxylation is 2. The third-order valence-corrected chi connectivity index (χ3v) is 3.81. The average Bonchev–Trinajstić information content (AvgIpc) is 2.47. The Kier molecular flexibility index (Phi) is 5.74. The number of halogens is 2. The predicted octanol–water partition coefficient (Wildman–Crippen LogP) is 3.79. The summed E-state index contributed by atoms with van der Waals surface area (Å²) in [4.78, 5) is 0. The minimum atomic E-state index is -0.241. The van der Waals surface area contributed by atoms with Crippen LogP contribution in [0, 0.1) is 12.7 Å². The lowest BCUT2D eigenvalue weighted by Crippen LogP contribution is -2.37. The first-order valence-corrected chi connectivity index (χ1v) is 7.42. The molecule has 3 N–H and O–H groups in total. The van der Waals surface area contributed by atoms with Gasteiger partial charge in [0.2, 0.25) is 0 Å². The van der Waals surface area contributed by atoms with Gasteiger partial charge in [-0.1, -0.05) is 41.4 Å². The zero-order valence-electron chi connectivity index (χ0n) is 12.1. The Morgan fingerprint density at radius 1 is 1.24 bits per heavy atom. The van der Waals surface area contributed by atoms with Crippen molar-refractivity contribution in [3.8, 4) is 0 Å². The smallest absolute Gasteiger partial charge is 0.126 e. The standard InChI is InChI=1S/C17H20ClFN2/c1-12-3-2-4-13(9-12)5-7-16(21-20)11-14-10-15(18)6-8-17(14)19/h2-4,6,8-10,16,21H,5,7,11,20H2,1H3. The molecule has 4 heteroatoms. The van der Waals surface area contributed by atoms with Crippen molar-refractivity contribution in [1.29, 1.82) is 0 Å². The van der Waals surface area contributed by atoms with Gasteiger partial charge in [0.1, 0.15) is 5.82 Å². The van der Waals surface area contributed by atoms with Crippen molar-refractivity contribution in [2.75, 3.05) is 0 Å². The lowest BCUT2D eigenvalue weighted by molar-refractivity contribution is 0.480. The van der Waals surface area contributed by atoms with Crippen LogP contribution in [0.5, 0.6) is 0 Å². The molecule has 0 saturated heterocycles. The number of nitrogens with two attached hydrogens (primary N) is 1. The summed E-state index contributed by atoms with van der Waals surface area (Å²) < 4.78 is 13.8. The van der Waals surface area contributed by atoms with Crippen molar-refractivity contribution in [2.45, 2.75) is 32.2 Å². The third kappa shape index (κ3) is 4.81. The maximum Gasteiger partial charge on any atom is 0.126 e. The topological polar surface area (TPSA) is 38.0 Å². The summed E-state index contributed by atoms with van der Waals surface area (Å²) >= 11 is 5.92. The monoisotopic (exact) mass is 306 g/mol. The third-order valence-electron chi connectivity index (χ3n) is 3.57. The minimum Gasteiger partial charge on any atom is -0.271 e. The first kappa shape index (κ1) is 16.0. The SMILES string of the molecule is Cc1cccc(CCC(Cc2cc(Cl)ccc2F)NN)c1. The Bertz CT molecular complexity index is 601. The van der Waals surface area contributed by atoms with Crippen LogP contribution in [0.1, 0.15) is 23.1 Å². The molecule has 0 saturated carbocycles. The van der Waals surface area contributed by atoms with Gasteiger partial charge >= 0.3 is 0 Å². The highest BCUT2D eigenvalue weighted by atomic mass is 35.5. The summed E-state index contributed by atoms with van der Waals surface area (Å²) in [5.74, 6) is 5.36. The molecule has 2 aromatic carbocycles. The Morgan fingerprint density at radius 2 is 2.05 bits per heavy atom. The van der Waals surface area contributed by atoms with Gasteiger partial charge in [0, 0.05) is 11.1 Å². The van der Waals surface area contributed by atoms with Gasteiger partial charge in [-0.25, -0.2) is 4.39 Å². The van der Waals surface area contributed by atoms with Crippen LogP contribution in [0.25, 0.3) is 0 Å². The summed E-state index contributed by atoms with van der Waals surface area (Å²) in [6, 6.07) is 13.0. The number of hydrazine groups is 1. The van der Waals surface area contributed by atoms with Gasteiger partial charge in [-0.2, -0.15) is 0 Å². The highest BCUT2D eigenvalue weighted by molar-refractivity contribution is 6.30. The average molecular weight is 307 g/mol. The second-order valence-electron chi connectivity index (χ2n) is 5.33. The van der Waals surface area contributed by atoms with Crippen molar-refractivity contribution in [2.24, 2.45) is 5.84 Å². The number of rotatable bonds is 6. The summed E-state index contributed by atoms with van der Waals surface area (Å²) in [5.41, 5.74) is 5.87. The second kappa shape index (κ2) is 7.55. The van der Waals surface area contributed by atoms with Gasteiger partial charge < -0.3 is 0 Å². The van der Waals surface area contributed by atoms with E-state index in [-0.39, 0.29) is 11.9 Å². The summed E-state index contributed by atoms with van der Waals surface area (Å²) in [6.07, 6.45) is 2.26. The van der Waals surface area contributed by atoms with Crippen molar-refractivity contribution in [3.05, 3.63) is 70.0 Å². The number of hydrogen-bond acceptors (Lipinski definition) is 2. The molecule has 1 unspecified atom stereocenters. The molecule has 0 aromatic heterocycles. The predicted molar refractivity (Wildman–Crippen MR) is 85.7 cm³/mol. The summed E-state index contributed by atoms with van der Waals surface area (Å²) in [7, 11) is 0. The number of nitrogens with one attached hydrogen (secondary N) is 1. The molecule has 0 spiro atoms. The summed E-state index contributed by atoms with van der Waals surface area (Å²) in [5, 5.41) is 0.542. The van der Waals surface area contributed by atoms with E-state index in [1.165, 1.54) is 17.2 Å². The number of hydrogen-bond donors (Lipinski definition) is 2. The van der Waals surface area contributed by atoms with Gasteiger partial charge in [0.15, 0.2) is 0 Å². The zero-order valence-corrected chi connectivity index (χ0v) is 12.8. The van der Waals surface area contributed by atoms with E-state index in [1.807, 2.05) is 6.07 Å². The molecule has 0 bridgehead atoms. The van der Waals surface area contributed by atoms with E-state index in [1.54, 1.807) is 12.1 Å². The van der Waals surface area contributed by atoms with Gasteiger partial charge in [-0.15, -0.1) is 0 Å². The lowest BCUT2D eigenvalue weighted by Gasteiger charge is -2.16. The van der Waals surface area contributed by atoms with Crippen molar-refractivity contribution >= 4 is 11.6 Å². The molecule has 0 radical (unpaired) electrons. The molecular weight excluding hydrogens is 287 g/mol. The zero-order chi connectivity index (χ0) is 15.2. The fraction of sp³-hybridized carbons (Fsp3) is 0.294. The van der Waals surface area contributed by atoms with E-state index in [0.29, 0.717) is 17.0 Å². The van der Waals surface area contributed by atoms with Gasteiger partial charge in [-0.05, 0) is 55.5 Å². The minimum absolute atomic E-state index is 0.0125. The van der Waals surface area contributed by atoms with Crippen LogP contribution in [-0.4, -0.2) is 6.04 Å². The van der Waals surface area contributed by atoms with E-state index in [9.17, 15) is 4.39 Å². The molecule has 21 heavy (non-hydrogen) atoms. The lowest BCUT2D eigenvalue weighted by atomic mass is 9.98. The quantitative estimate of drug-likeness (QED) is 0.629. The molecule has 2 rings (SSSR count). The second-order valence-corrected chi connectivity index (χ2v) is 5.77. The van der Waals surface area contributed by atoms with Crippen molar-refractivity contribution in [3.63, 3.8) is 0 Å². The van der Waals surface area contributed by atoms with Crippen LogP contribution in [0.3, 0.4) is 0 Å². The normalized spacial score (nSPS) is 12.4. The van der Waals surface area contributed by atoms with E-state index in [2.05, 4.69) is 30.5 Å². The molecule has 2 nitrogen and oxygen atoms in total. The Morgan fingerprint density at radius 3 is 2.76 bits per heavy atom. The molecule has 112 valence electrons. The molecular formula is C17H20ClFN2. The van der Waals surface area contributed by atoms with E-state index < -0.39 is 0 Å². The largest absolute Gasteiger partial charge is 0.271 e. The van der Waals surface area contributed by atoms with Crippen molar-refractivity contribution in [1.82, 2.24) is 5.43 Å². The fourth-order valence-electron chi connectivity index (χ4n) is 2.42. The van der Waals surface area contributed by atoms with Gasteiger partial charge in [0.05, 0.1) is 0 Å². The van der Waals surface area contributed by atoms with Crippen LogP contribution >= 0.6 is 11.6 Å². The van der Waals surface area contributed by atoms with Gasteiger partial charge in [-0.3, -0.25) is 11.3 Å². The molecule has 0 heterocycles. The van der Waals surface area contributed by atoms with E-state index >= 15 is 0 Å². The first-order chi connectivity index (χ1) is 10.1. The Hall–Kier alpha value is -1.42. The van der Waals surface area contributed by atoms with Crippen molar-refractivity contribution < 1.29 is 4.39 Å². The molecule has 1 atom stereocenters. The van der Waals surface area contributed by atoms with E-state index in [0.717, 1.165) is 12.8 Å². The first-order valence-electron chi connectivity index (χ1n) is 7.04. The molecule has 2 aromatic rings.